The molecule has 0 saturated carbocycles. The molecule has 3 rings (SSSR count). The zero-order valence-corrected chi connectivity index (χ0v) is 16.7. The van der Waals surface area contributed by atoms with Gasteiger partial charge < -0.3 is 14.8 Å². The summed E-state index contributed by atoms with van der Waals surface area (Å²) in [6.45, 7) is 0.266. The highest BCUT2D eigenvalue weighted by molar-refractivity contribution is 7.92. The molecule has 1 aliphatic rings. The number of nitrogens with one attached hydrogen (secondary N) is 1. The van der Waals surface area contributed by atoms with Gasteiger partial charge in [0.05, 0.1) is 24.4 Å². The zero-order chi connectivity index (χ0) is 20.9. The third-order valence-electron chi connectivity index (χ3n) is 4.33. The molecule has 9 heteroatoms. The van der Waals surface area contributed by atoms with Crippen LogP contribution in [0.2, 0.25) is 0 Å². The topological polar surface area (TPSA) is 109 Å². The second kappa shape index (κ2) is 8.84. The molecular weight excluding hydrogens is 394 g/mol. The molecule has 2 aromatic carbocycles. The van der Waals surface area contributed by atoms with E-state index in [1.807, 2.05) is 0 Å². The Bertz CT molecular complexity index is 1030. The van der Waals surface area contributed by atoms with Crippen LogP contribution in [0.3, 0.4) is 0 Å². The fraction of sp³-hybridized carbons (Fsp3) is 0.300. The normalized spacial score (nSPS) is 12.3. The number of anilines is 2. The first-order chi connectivity index (χ1) is 13.9. The summed E-state index contributed by atoms with van der Waals surface area (Å²) in [5.74, 6) is 0.855. The van der Waals surface area contributed by atoms with Crippen molar-refractivity contribution in [1.82, 2.24) is 0 Å². The first-order valence-corrected chi connectivity index (χ1v) is 10.8. The fourth-order valence-electron chi connectivity index (χ4n) is 2.93. The molecule has 0 spiro atoms. The van der Waals surface area contributed by atoms with E-state index in [1.54, 1.807) is 42.5 Å². The van der Waals surface area contributed by atoms with Crippen molar-refractivity contribution in [3.63, 3.8) is 0 Å². The average molecular weight is 415 g/mol. The molecular formula is C20H21N3O5S. The third kappa shape index (κ3) is 5.39. The van der Waals surface area contributed by atoms with E-state index in [4.69, 9.17) is 14.7 Å². The molecule has 152 valence electrons. The summed E-state index contributed by atoms with van der Waals surface area (Å²) in [4.78, 5) is 12.2. The van der Waals surface area contributed by atoms with Crippen molar-refractivity contribution in [1.29, 1.82) is 5.26 Å². The molecule has 0 saturated heterocycles. The Morgan fingerprint density at radius 2 is 1.90 bits per heavy atom. The number of nitrogens with zero attached hydrogens (tertiary/aromatic N) is 2. The van der Waals surface area contributed by atoms with Crippen LogP contribution in [-0.2, 0) is 21.2 Å². The number of ether oxygens (including phenoxy) is 2. The quantitative estimate of drug-likeness (QED) is 0.710. The number of carbonyl (C=O) groups is 1. The molecule has 0 aromatic heterocycles. The minimum atomic E-state index is -3.52. The lowest BCUT2D eigenvalue weighted by Crippen LogP contribution is -2.31. The van der Waals surface area contributed by atoms with Crippen LogP contribution < -0.4 is 19.1 Å². The first kappa shape index (κ1) is 20.5. The number of carbonyl (C=O) groups excluding carboxylic acids is 1. The maximum atomic E-state index is 12.2. The summed E-state index contributed by atoms with van der Waals surface area (Å²) in [5, 5.41) is 11.5. The van der Waals surface area contributed by atoms with Crippen molar-refractivity contribution < 1.29 is 22.7 Å². The van der Waals surface area contributed by atoms with E-state index >= 15 is 0 Å². The Labute approximate surface area is 169 Å². The summed E-state index contributed by atoms with van der Waals surface area (Å²) < 4.78 is 36.2. The Morgan fingerprint density at radius 1 is 1.17 bits per heavy atom. The van der Waals surface area contributed by atoms with Gasteiger partial charge in [0, 0.05) is 24.7 Å². The first-order valence-electron chi connectivity index (χ1n) is 9.00. The predicted octanol–water partition coefficient (Wildman–Crippen LogP) is 2.67. The van der Waals surface area contributed by atoms with E-state index in [2.05, 4.69) is 11.4 Å². The van der Waals surface area contributed by atoms with Gasteiger partial charge in [-0.25, -0.2) is 8.42 Å². The molecule has 29 heavy (non-hydrogen) atoms. The molecule has 0 unspecified atom stereocenters. The van der Waals surface area contributed by atoms with Crippen molar-refractivity contribution in [2.45, 2.75) is 19.3 Å². The van der Waals surface area contributed by atoms with Crippen molar-refractivity contribution >= 4 is 27.3 Å². The molecule has 2 aromatic rings. The van der Waals surface area contributed by atoms with Gasteiger partial charge in [0.2, 0.25) is 22.7 Å². The van der Waals surface area contributed by atoms with Gasteiger partial charge in [-0.3, -0.25) is 9.10 Å². The Balaban J connectivity index is 1.57. The number of benzene rings is 2. The molecule has 1 aliphatic heterocycles. The third-order valence-corrected chi connectivity index (χ3v) is 5.52. The van der Waals surface area contributed by atoms with E-state index in [9.17, 15) is 13.2 Å². The number of nitriles is 1. The summed E-state index contributed by atoms with van der Waals surface area (Å²) in [5.41, 5.74) is 1.97. The van der Waals surface area contributed by atoms with Crippen LogP contribution in [0.5, 0.6) is 11.5 Å². The van der Waals surface area contributed by atoms with E-state index < -0.39 is 10.0 Å². The van der Waals surface area contributed by atoms with Gasteiger partial charge in [-0.15, -0.1) is 0 Å². The maximum Gasteiger partial charge on any atom is 0.232 e. The van der Waals surface area contributed by atoms with Gasteiger partial charge in [0.25, 0.3) is 0 Å². The summed E-state index contributed by atoms with van der Waals surface area (Å²) >= 11 is 0. The molecule has 0 radical (unpaired) electrons. The van der Waals surface area contributed by atoms with Crippen LogP contribution in [0, 0.1) is 11.3 Å². The largest absolute Gasteiger partial charge is 0.454 e. The predicted molar refractivity (Wildman–Crippen MR) is 108 cm³/mol. The van der Waals surface area contributed by atoms with Gasteiger partial charge in [-0.1, -0.05) is 12.1 Å². The number of fused-ring (bicyclic) bond motifs is 1. The Kier molecular flexibility index (Phi) is 6.24. The van der Waals surface area contributed by atoms with Crippen LogP contribution in [0.1, 0.15) is 18.4 Å². The van der Waals surface area contributed by atoms with Crippen molar-refractivity contribution in [2.75, 3.05) is 29.2 Å². The molecule has 0 bridgehead atoms. The fourth-order valence-corrected chi connectivity index (χ4v) is 3.89. The monoisotopic (exact) mass is 415 g/mol. The van der Waals surface area contributed by atoms with Gasteiger partial charge in [0.15, 0.2) is 11.5 Å². The number of hydrogen-bond donors (Lipinski definition) is 1. The number of sulfonamides is 1. The molecule has 0 fully saturated rings. The van der Waals surface area contributed by atoms with Crippen LogP contribution in [0.25, 0.3) is 0 Å². The Morgan fingerprint density at radius 3 is 2.59 bits per heavy atom. The minimum Gasteiger partial charge on any atom is -0.454 e. The van der Waals surface area contributed by atoms with E-state index in [0.717, 1.165) is 11.8 Å². The van der Waals surface area contributed by atoms with Crippen molar-refractivity contribution in [3.05, 3.63) is 48.0 Å². The standard InChI is InChI=1S/C20H21N3O5S/c1-29(25,26)23(17-8-9-18-19(13-17)28-14-27-18)12-2-3-20(24)22-16-6-4-15(5-7-16)10-11-21/h4-9,13H,2-3,10,12,14H2,1H3,(H,22,24). The van der Waals surface area contributed by atoms with Gasteiger partial charge in [0.1, 0.15) is 0 Å². The highest BCUT2D eigenvalue weighted by Gasteiger charge is 2.21. The Hall–Kier alpha value is -3.25. The molecule has 8 nitrogen and oxygen atoms in total. The zero-order valence-electron chi connectivity index (χ0n) is 15.9. The summed E-state index contributed by atoms with van der Waals surface area (Å²) in [7, 11) is -3.52. The van der Waals surface area contributed by atoms with Gasteiger partial charge >= 0.3 is 0 Å². The lowest BCUT2D eigenvalue weighted by atomic mass is 10.1. The highest BCUT2D eigenvalue weighted by atomic mass is 32.2. The average Bonchev–Trinajstić information content (AvgIpc) is 3.14. The summed E-state index contributed by atoms with van der Waals surface area (Å²) in [6, 6.07) is 14.0. The molecule has 0 aliphatic carbocycles. The second-order valence-electron chi connectivity index (χ2n) is 6.56. The van der Waals surface area contributed by atoms with Crippen LogP contribution in [-0.4, -0.2) is 33.9 Å². The lowest BCUT2D eigenvalue weighted by molar-refractivity contribution is -0.116. The van der Waals surface area contributed by atoms with E-state index in [-0.39, 0.29) is 25.7 Å². The van der Waals surface area contributed by atoms with Crippen LogP contribution >= 0.6 is 0 Å². The SMILES string of the molecule is CS(=O)(=O)N(CCCC(=O)Nc1ccc(CC#N)cc1)c1ccc2c(c1)OCO2. The number of amides is 1. The summed E-state index contributed by atoms with van der Waals surface area (Å²) in [6.07, 6.45) is 1.95. The number of rotatable bonds is 8. The highest BCUT2D eigenvalue weighted by Crippen LogP contribution is 2.36. The van der Waals surface area contributed by atoms with E-state index in [1.165, 1.54) is 4.31 Å². The molecule has 1 heterocycles. The molecule has 0 atom stereocenters. The van der Waals surface area contributed by atoms with Crippen LogP contribution in [0.15, 0.2) is 42.5 Å². The lowest BCUT2D eigenvalue weighted by Gasteiger charge is -2.22. The minimum absolute atomic E-state index is 0.106. The van der Waals surface area contributed by atoms with Gasteiger partial charge in [-0.2, -0.15) is 5.26 Å². The van der Waals surface area contributed by atoms with Crippen molar-refractivity contribution in [2.24, 2.45) is 0 Å². The van der Waals surface area contributed by atoms with Crippen LogP contribution in [0.4, 0.5) is 11.4 Å². The molecule has 1 amide bonds. The maximum absolute atomic E-state index is 12.2. The molecule has 1 N–H and O–H groups in total. The van der Waals surface area contributed by atoms with Gasteiger partial charge in [-0.05, 0) is 36.2 Å². The van der Waals surface area contributed by atoms with E-state index in [0.29, 0.717) is 35.7 Å². The number of hydrogen-bond acceptors (Lipinski definition) is 6. The smallest absolute Gasteiger partial charge is 0.232 e. The second-order valence-corrected chi connectivity index (χ2v) is 8.46. The van der Waals surface area contributed by atoms with Crippen molar-refractivity contribution in [3.8, 4) is 17.6 Å².